The maximum atomic E-state index is 11.7. The maximum absolute atomic E-state index is 11.7. The smallest absolute Gasteiger partial charge is 0.317 e. The van der Waals surface area contributed by atoms with Gasteiger partial charge in [-0.2, -0.15) is 0 Å². The molecule has 0 saturated heterocycles. The van der Waals surface area contributed by atoms with Gasteiger partial charge in [0.05, 0.1) is 6.54 Å². The van der Waals surface area contributed by atoms with Crippen LogP contribution in [0.5, 0.6) is 5.75 Å². The van der Waals surface area contributed by atoms with E-state index in [1.165, 1.54) is 23.7 Å². The first-order chi connectivity index (χ1) is 13.8. The normalized spacial score (nSPS) is 12.4. The van der Waals surface area contributed by atoms with Crippen LogP contribution < -0.4 is 10.5 Å². The standard InChI is InChI=1S/C20H25N5O3S/c1-11(2)16(19(26)27)29-20-24-15-17(21)22-10-23-18(15)25(20)7-8-28-14-6-5-12(3)13(4)9-14/h5-6,9-11,16H,7-8H2,1-4H3,(H,26,27)(H2,21,22,23). The first-order valence-corrected chi connectivity index (χ1v) is 10.2. The predicted octanol–water partition coefficient (Wildman–Crippen LogP) is 3.31. The summed E-state index contributed by atoms with van der Waals surface area (Å²) >= 11 is 1.19. The summed E-state index contributed by atoms with van der Waals surface area (Å²) in [6.45, 7) is 8.67. The number of rotatable bonds is 8. The Hall–Kier alpha value is -2.81. The summed E-state index contributed by atoms with van der Waals surface area (Å²) in [4.78, 5) is 24.5. The van der Waals surface area contributed by atoms with Gasteiger partial charge in [0.25, 0.3) is 0 Å². The van der Waals surface area contributed by atoms with Crippen molar-refractivity contribution < 1.29 is 14.6 Å². The number of carboxylic acids is 1. The Morgan fingerprint density at radius 3 is 2.69 bits per heavy atom. The quantitative estimate of drug-likeness (QED) is 0.538. The van der Waals surface area contributed by atoms with E-state index in [1.54, 1.807) is 0 Å². The molecule has 3 aromatic rings. The summed E-state index contributed by atoms with van der Waals surface area (Å²) in [5.41, 5.74) is 9.36. The van der Waals surface area contributed by atoms with Crippen molar-refractivity contribution in [2.24, 2.45) is 5.92 Å². The van der Waals surface area contributed by atoms with Crippen LogP contribution in [-0.2, 0) is 11.3 Å². The second kappa shape index (κ2) is 8.69. The molecule has 154 valence electrons. The number of hydrogen-bond acceptors (Lipinski definition) is 7. The van der Waals surface area contributed by atoms with Crippen molar-refractivity contribution in [3.05, 3.63) is 35.7 Å². The summed E-state index contributed by atoms with van der Waals surface area (Å²) in [6.07, 6.45) is 1.38. The van der Waals surface area contributed by atoms with Crippen molar-refractivity contribution in [2.75, 3.05) is 12.3 Å². The Bertz CT molecular complexity index is 1030. The average molecular weight is 416 g/mol. The van der Waals surface area contributed by atoms with Gasteiger partial charge in [0.15, 0.2) is 22.1 Å². The number of nitrogen functional groups attached to an aromatic ring is 1. The lowest BCUT2D eigenvalue weighted by Crippen LogP contribution is -2.23. The van der Waals surface area contributed by atoms with Crippen LogP contribution in [0.15, 0.2) is 29.7 Å². The van der Waals surface area contributed by atoms with Crippen molar-refractivity contribution in [1.29, 1.82) is 0 Å². The number of imidazole rings is 1. The number of aryl methyl sites for hydroxylation is 2. The van der Waals surface area contributed by atoms with Crippen LogP contribution in [0.3, 0.4) is 0 Å². The summed E-state index contributed by atoms with van der Waals surface area (Å²) in [7, 11) is 0. The number of ether oxygens (including phenoxy) is 1. The Kier molecular flexibility index (Phi) is 6.26. The summed E-state index contributed by atoms with van der Waals surface area (Å²) in [5, 5.41) is 9.46. The molecule has 9 heteroatoms. The highest BCUT2D eigenvalue weighted by molar-refractivity contribution is 8.00. The number of hydrogen-bond donors (Lipinski definition) is 2. The van der Waals surface area contributed by atoms with E-state index < -0.39 is 11.2 Å². The molecule has 0 amide bonds. The van der Waals surface area contributed by atoms with Crippen molar-refractivity contribution in [3.8, 4) is 5.75 Å². The molecular weight excluding hydrogens is 390 g/mol. The van der Waals surface area contributed by atoms with E-state index >= 15 is 0 Å². The molecule has 2 aromatic heterocycles. The molecule has 29 heavy (non-hydrogen) atoms. The Morgan fingerprint density at radius 2 is 2.03 bits per heavy atom. The number of fused-ring (bicyclic) bond motifs is 1. The molecule has 3 rings (SSSR count). The van der Waals surface area contributed by atoms with E-state index in [4.69, 9.17) is 10.5 Å². The highest BCUT2D eigenvalue weighted by Crippen LogP contribution is 2.31. The fourth-order valence-corrected chi connectivity index (χ4v) is 3.92. The van der Waals surface area contributed by atoms with E-state index in [0.717, 1.165) is 11.3 Å². The largest absolute Gasteiger partial charge is 0.492 e. The van der Waals surface area contributed by atoms with Gasteiger partial charge >= 0.3 is 5.97 Å². The Morgan fingerprint density at radius 1 is 1.28 bits per heavy atom. The average Bonchev–Trinajstić information content (AvgIpc) is 3.01. The molecule has 0 aliphatic carbocycles. The molecule has 8 nitrogen and oxygen atoms in total. The van der Waals surface area contributed by atoms with Crippen LogP contribution in [0.25, 0.3) is 11.2 Å². The number of thioether (sulfide) groups is 1. The van der Waals surface area contributed by atoms with Crippen molar-refractivity contribution in [3.63, 3.8) is 0 Å². The minimum atomic E-state index is -0.881. The van der Waals surface area contributed by atoms with Crippen molar-refractivity contribution >= 4 is 34.7 Å². The molecule has 0 aliphatic rings. The zero-order valence-electron chi connectivity index (χ0n) is 16.9. The van der Waals surface area contributed by atoms with Gasteiger partial charge in [0, 0.05) is 0 Å². The minimum absolute atomic E-state index is 0.0685. The van der Waals surface area contributed by atoms with Gasteiger partial charge in [0.2, 0.25) is 0 Å². The Labute approximate surface area is 173 Å². The van der Waals surface area contributed by atoms with Gasteiger partial charge in [-0.05, 0) is 43.0 Å². The third kappa shape index (κ3) is 4.61. The van der Waals surface area contributed by atoms with Crippen LogP contribution in [0.2, 0.25) is 0 Å². The first kappa shape index (κ1) is 20.9. The lowest BCUT2D eigenvalue weighted by Gasteiger charge is -2.16. The van der Waals surface area contributed by atoms with E-state index in [1.807, 2.05) is 43.5 Å². The number of nitrogens with zero attached hydrogens (tertiary/aromatic N) is 4. The van der Waals surface area contributed by atoms with Gasteiger partial charge in [-0.15, -0.1) is 0 Å². The zero-order chi connectivity index (χ0) is 21.1. The fourth-order valence-electron chi connectivity index (χ4n) is 2.87. The maximum Gasteiger partial charge on any atom is 0.317 e. The topological polar surface area (TPSA) is 116 Å². The van der Waals surface area contributed by atoms with Crippen LogP contribution >= 0.6 is 11.8 Å². The fraction of sp³-hybridized carbons (Fsp3) is 0.400. The van der Waals surface area contributed by atoms with Crippen molar-refractivity contribution in [1.82, 2.24) is 19.5 Å². The van der Waals surface area contributed by atoms with Crippen molar-refractivity contribution in [2.45, 2.75) is 44.6 Å². The first-order valence-electron chi connectivity index (χ1n) is 9.34. The number of aliphatic carboxylic acids is 1. The van der Waals surface area contributed by atoms with Crippen LogP contribution in [0.1, 0.15) is 25.0 Å². The molecule has 0 radical (unpaired) electrons. The van der Waals surface area contributed by atoms with Gasteiger partial charge in [-0.1, -0.05) is 31.7 Å². The summed E-state index contributed by atoms with van der Waals surface area (Å²) in [5.74, 6) is 0.101. The molecule has 0 aliphatic heterocycles. The van der Waals surface area contributed by atoms with E-state index in [0.29, 0.717) is 29.5 Å². The SMILES string of the molecule is Cc1ccc(OCCn2c(SC(C(=O)O)C(C)C)nc3c(N)ncnc32)cc1C. The molecule has 2 heterocycles. The summed E-state index contributed by atoms with van der Waals surface area (Å²) < 4.78 is 7.74. The second-order valence-electron chi connectivity index (χ2n) is 7.19. The molecule has 3 N–H and O–H groups in total. The summed E-state index contributed by atoms with van der Waals surface area (Å²) in [6, 6.07) is 5.95. The van der Waals surface area contributed by atoms with Crippen LogP contribution in [0, 0.1) is 19.8 Å². The number of nitrogens with two attached hydrogens (primary N) is 1. The predicted molar refractivity (Wildman–Crippen MR) is 113 cm³/mol. The monoisotopic (exact) mass is 415 g/mol. The number of carboxylic acid groups (broad SMARTS) is 1. The molecule has 0 saturated carbocycles. The van der Waals surface area contributed by atoms with Gasteiger partial charge in [0.1, 0.15) is 23.9 Å². The van der Waals surface area contributed by atoms with E-state index in [-0.39, 0.29) is 11.7 Å². The molecule has 1 aromatic carbocycles. The van der Waals surface area contributed by atoms with Gasteiger partial charge in [-0.25, -0.2) is 15.0 Å². The number of carbonyl (C=O) groups is 1. The minimum Gasteiger partial charge on any atom is -0.492 e. The van der Waals surface area contributed by atoms with Crippen LogP contribution in [-0.4, -0.2) is 42.5 Å². The van der Waals surface area contributed by atoms with E-state index in [9.17, 15) is 9.90 Å². The zero-order valence-corrected chi connectivity index (χ0v) is 17.7. The third-order valence-corrected chi connectivity index (χ3v) is 6.19. The number of aromatic nitrogens is 4. The van der Waals surface area contributed by atoms with Crippen LogP contribution in [0.4, 0.5) is 5.82 Å². The number of anilines is 1. The third-order valence-electron chi connectivity index (χ3n) is 4.67. The molecule has 1 atom stereocenters. The molecule has 1 unspecified atom stereocenters. The highest BCUT2D eigenvalue weighted by Gasteiger charge is 2.26. The van der Waals surface area contributed by atoms with E-state index in [2.05, 4.69) is 21.9 Å². The molecular formula is C20H25N5O3S. The lowest BCUT2D eigenvalue weighted by molar-refractivity contribution is -0.137. The van der Waals surface area contributed by atoms with Gasteiger partial charge < -0.3 is 20.1 Å². The lowest BCUT2D eigenvalue weighted by atomic mass is 10.1. The number of benzene rings is 1. The molecule has 0 spiro atoms. The highest BCUT2D eigenvalue weighted by atomic mass is 32.2. The second-order valence-corrected chi connectivity index (χ2v) is 8.30. The molecule has 0 fully saturated rings. The van der Waals surface area contributed by atoms with Gasteiger partial charge in [-0.3, -0.25) is 4.79 Å². The molecule has 0 bridgehead atoms. The Balaban J connectivity index is 1.87.